The van der Waals surface area contributed by atoms with Crippen LogP contribution in [0.3, 0.4) is 0 Å². The number of nitrogens with zero attached hydrogens (tertiary/aromatic N) is 1. The number of carboxylic acid groups (broad SMARTS) is 1. The Kier molecular flexibility index (Phi) is 9.45. The number of halogens is 1. The lowest BCUT2D eigenvalue weighted by Crippen LogP contribution is -2.45. The van der Waals surface area contributed by atoms with E-state index in [9.17, 15) is 27.9 Å². The average Bonchev–Trinajstić information content (AvgIpc) is 3.52. The van der Waals surface area contributed by atoms with Crippen LogP contribution in [0.2, 0.25) is 5.02 Å². The van der Waals surface area contributed by atoms with Gasteiger partial charge in [0.25, 0.3) is 0 Å². The highest BCUT2D eigenvalue weighted by atomic mass is 35.5. The molecule has 196 valence electrons. The van der Waals surface area contributed by atoms with Gasteiger partial charge in [0, 0.05) is 23.4 Å². The Morgan fingerprint density at radius 3 is 2.58 bits per heavy atom. The van der Waals surface area contributed by atoms with Gasteiger partial charge in [-0.2, -0.15) is 0 Å². The maximum Gasteiger partial charge on any atom is 0.323 e. The van der Waals surface area contributed by atoms with Crippen molar-refractivity contribution in [2.75, 3.05) is 17.6 Å². The number of amides is 1. The summed E-state index contributed by atoms with van der Waals surface area (Å²) in [6, 6.07) is 5.72. The van der Waals surface area contributed by atoms with Crippen LogP contribution in [0.5, 0.6) is 0 Å². The third-order valence-corrected chi connectivity index (χ3v) is 8.40. The van der Waals surface area contributed by atoms with Gasteiger partial charge in [0.2, 0.25) is 21.0 Å². The second kappa shape index (κ2) is 12.1. The molecular formula is C23H28ClN3O7S2. The molecule has 1 amide bonds. The minimum absolute atomic E-state index is 0.0258. The molecule has 1 unspecified atom stereocenters. The predicted molar refractivity (Wildman–Crippen MR) is 136 cm³/mol. The number of hydrogen-bond donors (Lipinski definition) is 3. The Hall–Kier alpha value is -2.54. The van der Waals surface area contributed by atoms with E-state index in [-0.39, 0.29) is 47.1 Å². The minimum atomic E-state index is -4.20. The van der Waals surface area contributed by atoms with Crippen molar-refractivity contribution >= 4 is 56.1 Å². The van der Waals surface area contributed by atoms with E-state index >= 15 is 0 Å². The molecule has 1 aromatic heterocycles. The quantitative estimate of drug-likeness (QED) is 0.375. The van der Waals surface area contributed by atoms with E-state index in [4.69, 9.17) is 21.2 Å². The smallest absolute Gasteiger partial charge is 0.323 e. The molecule has 1 saturated carbocycles. The van der Waals surface area contributed by atoms with E-state index in [0.29, 0.717) is 5.76 Å². The number of anilines is 1. The van der Waals surface area contributed by atoms with E-state index in [1.165, 1.54) is 17.2 Å². The van der Waals surface area contributed by atoms with Crippen LogP contribution in [0.4, 0.5) is 5.69 Å². The van der Waals surface area contributed by atoms with Crippen molar-refractivity contribution in [2.24, 2.45) is 11.1 Å². The number of nitrogens with two attached hydrogens (primary N) is 1. The van der Waals surface area contributed by atoms with Crippen molar-refractivity contribution in [3.63, 3.8) is 0 Å². The summed E-state index contributed by atoms with van der Waals surface area (Å²) in [6.07, 6.45) is 4.87. The number of rotatable bonds is 11. The fourth-order valence-corrected chi connectivity index (χ4v) is 6.03. The van der Waals surface area contributed by atoms with Crippen LogP contribution in [0, 0.1) is 5.92 Å². The van der Waals surface area contributed by atoms with E-state index in [0.717, 1.165) is 43.5 Å². The largest absolute Gasteiger partial charge is 0.480 e. The van der Waals surface area contributed by atoms with Crippen LogP contribution in [-0.4, -0.2) is 53.8 Å². The van der Waals surface area contributed by atoms with Gasteiger partial charge in [0.1, 0.15) is 17.2 Å². The highest BCUT2D eigenvalue weighted by molar-refractivity contribution is 8.14. The second-order valence-corrected chi connectivity index (χ2v) is 11.5. The van der Waals surface area contributed by atoms with Crippen molar-refractivity contribution in [3.05, 3.63) is 46.9 Å². The van der Waals surface area contributed by atoms with Crippen LogP contribution in [0.1, 0.15) is 48.7 Å². The first-order valence-electron chi connectivity index (χ1n) is 11.3. The number of furan rings is 1. The monoisotopic (exact) mass is 557 g/mol. The predicted octanol–water partition coefficient (Wildman–Crippen LogP) is 3.56. The van der Waals surface area contributed by atoms with Crippen molar-refractivity contribution in [2.45, 2.75) is 50.1 Å². The fraction of sp³-hybridized carbons (Fsp3) is 0.435. The molecule has 36 heavy (non-hydrogen) atoms. The van der Waals surface area contributed by atoms with Crippen LogP contribution >= 0.6 is 23.4 Å². The minimum Gasteiger partial charge on any atom is -0.480 e. The Morgan fingerprint density at radius 2 is 2.00 bits per heavy atom. The summed E-state index contributed by atoms with van der Waals surface area (Å²) in [6.45, 7) is 1.46. The Bertz CT molecular complexity index is 1210. The summed E-state index contributed by atoms with van der Waals surface area (Å²) >= 11 is 6.95. The molecule has 0 aliphatic heterocycles. The number of hydrogen-bond acceptors (Lipinski definition) is 8. The van der Waals surface area contributed by atoms with Crippen molar-refractivity contribution in [1.29, 1.82) is 0 Å². The molecule has 2 aromatic rings. The number of primary sulfonamides is 1. The van der Waals surface area contributed by atoms with Crippen molar-refractivity contribution < 1.29 is 32.3 Å². The van der Waals surface area contributed by atoms with Crippen molar-refractivity contribution in [1.82, 2.24) is 4.90 Å². The van der Waals surface area contributed by atoms with Gasteiger partial charge in [-0.05, 0) is 37.1 Å². The standard InChI is InChI=1S/C23H28ClN3O7S2/c1-14(22(30)27(12-21(28)29)15-5-2-3-6-15)13-35-23(31)17-9-20(36(25,32)33)18(24)10-19(17)26-11-16-7-4-8-34-16/h4,7-10,14-15,26H,2-3,5-6,11-13H2,1H3,(H,28,29)(H2,25,32,33). The third-order valence-electron chi connectivity index (χ3n) is 5.87. The van der Waals surface area contributed by atoms with Gasteiger partial charge in [-0.3, -0.25) is 14.4 Å². The van der Waals surface area contributed by atoms with E-state index in [1.54, 1.807) is 19.1 Å². The van der Waals surface area contributed by atoms with Crippen molar-refractivity contribution in [3.8, 4) is 0 Å². The molecule has 0 spiro atoms. The summed E-state index contributed by atoms with van der Waals surface area (Å²) in [7, 11) is -4.20. The molecule has 1 aromatic carbocycles. The zero-order valence-corrected chi connectivity index (χ0v) is 22.0. The number of carboxylic acids is 1. The number of thioether (sulfide) groups is 1. The first-order chi connectivity index (χ1) is 17.0. The first kappa shape index (κ1) is 28.0. The highest BCUT2D eigenvalue weighted by Crippen LogP contribution is 2.32. The highest BCUT2D eigenvalue weighted by Gasteiger charge is 2.31. The lowest BCUT2D eigenvalue weighted by molar-refractivity contribution is -0.147. The first-order valence-corrected chi connectivity index (χ1v) is 14.2. The summed E-state index contributed by atoms with van der Waals surface area (Å²) in [5.41, 5.74) is 0.302. The number of nitrogens with one attached hydrogen (secondary N) is 1. The zero-order chi connectivity index (χ0) is 26.5. The summed E-state index contributed by atoms with van der Waals surface area (Å²) in [4.78, 5) is 38.5. The molecule has 10 nitrogen and oxygen atoms in total. The van der Waals surface area contributed by atoms with Crippen LogP contribution < -0.4 is 10.5 Å². The molecule has 1 atom stereocenters. The summed E-state index contributed by atoms with van der Waals surface area (Å²) < 4.78 is 29.2. The van der Waals surface area contributed by atoms with Gasteiger partial charge in [-0.25, -0.2) is 13.6 Å². The zero-order valence-electron chi connectivity index (χ0n) is 19.6. The molecule has 1 aliphatic carbocycles. The molecule has 1 aliphatic rings. The maximum absolute atomic E-state index is 13.1. The lowest BCUT2D eigenvalue weighted by Gasteiger charge is -2.29. The molecular weight excluding hydrogens is 530 g/mol. The van der Waals surface area contributed by atoms with Gasteiger partial charge < -0.3 is 19.7 Å². The second-order valence-electron chi connectivity index (χ2n) is 8.60. The van der Waals surface area contributed by atoms with E-state index in [1.807, 2.05) is 0 Å². The molecule has 0 bridgehead atoms. The topological polar surface area (TPSA) is 160 Å². The van der Waals surface area contributed by atoms with Crippen LogP contribution in [-0.2, 0) is 26.2 Å². The van der Waals surface area contributed by atoms with E-state index < -0.39 is 31.9 Å². The number of carbonyl (C=O) groups excluding carboxylic acids is 2. The Balaban J connectivity index is 1.77. The van der Waals surface area contributed by atoms with Gasteiger partial charge in [0.05, 0.1) is 23.4 Å². The normalized spacial score (nSPS) is 15.0. The van der Waals surface area contributed by atoms with E-state index in [2.05, 4.69) is 5.32 Å². The molecule has 0 radical (unpaired) electrons. The molecule has 3 rings (SSSR count). The van der Waals surface area contributed by atoms with Crippen LogP contribution in [0.15, 0.2) is 39.8 Å². The third kappa shape index (κ3) is 7.25. The lowest BCUT2D eigenvalue weighted by atomic mass is 10.1. The SMILES string of the molecule is CC(CSC(=O)c1cc(S(N)(=O)=O)c(Cl)cc1NCc1ccco1)C(=O)N(CC(=O)O)C1CCCC1. The molecule has 4 N–H and O–H groups in total. The molecule has 1 fully saturated rings. The number of carbonyl (C=O) groups is 3. The number of sulfonamides is 1. The van der Waals surface area contributed by atoms with Gasteiger partial charge in [-0.15, -0.1) is 0 Å². The van der Waals surface area contributed by atoms with Gasteiger partial charge in [0.15, 0.2) is 0 Å². The fourth-order valence-electron chi connectivity index (χ4n) is 4.06. The molecule has 1 heterocycles. The van der Waals surface area contributed by atoms with Gasteiger partial charge in [-0.1, -0.05) is 43.1 Å². The summed E-state index contributed by atoms with van der Waals surface area (Å²) in [5.74, 6) is -1.40. The summed E-state index contributed by atoms with van der Waals surface area (Å²) in [5, 5.41) is 16.9. The maximum atomic E-state index is 13.1. The average molecular weight is 558 g/mol. The Morgan fingerprint density at radius 1 is 1.31 bits per heavy atom. The molecule has 13 heteroatoms. The van der Waals surface area contributed by atoms with Crippen LogP contribution in [0.25, 0.3) is 0 Å². The Labute approximate surface area is 218 Å². The number of benzene rings is 1. The molecule has 0 saturated heterocycles. The number of aliphatic carboxylic acids is 1. The van der Waals surface area contributed by atoms with Gasteiger partial charge >= 0.3 is 5.97 Å².